The molecule has 11 heteroatoms. The first-order valence-electron chi connectivity index (χ1n) is 10.1. The minimum absolute atomic E-state index is 0.401. The Kier molecular flexibility index (Phi) is 11.7. The molecule has 0 amide bonds. The number of halogens is 3. The van der Waals surface area contributed by atoms with Gasteiger partial charge in [-0.3, -0.25) is 0 Å². The van der Waals surface area contributed by atoms with Crippen LogP contribution < -0.4 is 15.9 Å². The first-order valence-corrected chi connectivity index (χ1v) is 16.2. The topological polar surface area (TPSA) is 78.9 Å². The van der Waals surface area contributed by atoms with Crippen molar-refractivity contribution in [2.45, 2.75) is 0 Å². The van der Waals surface area contributed by atoms with Crippen LogP contribution in [-0.2, 0) is 25.4 Å². The van der Waals surface area contributed by atoms with E-state index in [0.717, 1.165) is 15.9 Å². The van der Waals surface area contributed by atoms with Crippen LogP contribution in [0.3, 0.4) is 0 Å². The number of carbonyl (C=O) groups is 3. The quantitative estimate of drug-likeness (QED) is 0.166. The molecule has 197 valence electrons. The first kappa shape index (κ1) is 30.1. The first-order chi connectivity index (χ1) is 17.1. The maximum absolute atomic E-state index is 11.9. The molecule has 0 atom stereocenters. The van der Waals surface area contributed by atoms with Crippen LogP contribution in [0.4, 0.5) is 0 Å². The Labute approximate surface area is 227 Å². The Balaban J connectivity index is 0.00000106. The van der Waals surface area contributed by atoms with Gasteiger partial charge in [-0.15, -0.1) is 0 Å². The van der Waals surface area contributed by atoms with Crippen molar-refractivity contribution in [3.05, 3.63) is 89.5 Å². The number of hydrogen-bond acceptors (Lipinski definition) is 6. The van der Waals surface area contributed by atoms with E-state index in [1.54, 1.807) is 36.4 Å². The van der Waals surface area contributed by atoms with E-state index in [1.165, 1.54) is 21.3 Å². The Morgan fingerprint density at radius 2 is 0.750 bits per heavy atom. The predicted molar refractivity (Wildman–Crippen MR) is 143 cm³/mol. The molecule has 36 heavy (non-hydrogen) atoms. The number of methoxy groups -OCH3 is 3. The zero-order valence-electron chi connectivity index (χ0n) is 19.8. The molecule has 3 aromatic rings. The molecule has 0 aliphatic heterocycles. The van der Waals surface area contributed by atoms with Gasteiger partial charge in [0.25, 0.3) is 0 Å². The molecule has 3 aromatic carbocycles. The van der Waals surface area contributed by atoms with Crippen molar-refractivity contribution in [1.82, 2.24) is 0 Å². The second-order valence-corrected chi connectivity index (χ2v) is 15.5. The summed E-state index contributed by atoms with van der Waals surface area (Å²) in [5.41, 5.74) is 1.39. The molecule has 0 aromatic heterocycles. The Morgan fingerprint density at radius 1 is 0.556 bits per heavy atom. The van der Waals surface area contributed by atoms with Gasteiger partial charge < -0.3 is 14.2 Å². The van der Waals surface area contributed by atoms with E-state index in [-0.39, 0.29) is 0 Å². The van der Waals surface area contributed by atoms with Gasteiger partial charge in [0.1, 0.15) is 23.2 Å². The molecular formula is C25H24Cl3CuO6P. The normalized spacial score (nSPS) is 10.9. The van der Waals surface area contributed by atoms with Gasteiger partial charge in [0.2, 0.25) is 0 Å². The van der Waals surface area contributed by atoms with Crippen molar-refractivity contribution in [3.8, 4) is 0 Å². The molecule has 3 rings (SSSR count). The molecule has 0 spiro atoms. The van der Waals surface area contributed by atoms with E-state index in [4.69, 9.17) is 44.5 Å². The fourth-order valence-corrected chi connectivity index (χ4v) is 6.62. The second-order valence-electron chi connectivity index (χ2n) is 7.25. The molecule has 0 radical (unpaired) electrons. The molecule has 0 saturated carbocycles. The van der Waals surface area contributed by atoms with Crippen LogP contribution in [-0.4, -0.2) is 45.9 Å². The van der Waals surface area contributed by atoms with Gasteiger partial charge in [-0.25, -0.2) is 14.4 Å². The van der Waals surface area contributed by atoms with E-state index in [2.05, 4.69) is 6.66 Å². The molecule has 0 aliphatic rings. The Hall–Kier alpha value is -2.11. The van der Waals surface area contributed by atoms with Crippen LogP contribution in [0.2, 0.25) is 0 Å². The summed E-state index contributed by atoms with van der Waals surface area (Å²) in [6, 6.07) is 22.0. The zero-order chi connectivity index (χ0) is 26.9. The molecule has 0 unspecified atom stereocenters. The standard InChI is InChI=1S/C25H24O6P.3ClH.Cu/c1-29-23(26)17-5-11-20(12-6-17)32(4,21-13-7-18(8-14-21)24(27)30-2)22-15-9-19(10-16-22)25(28)31-3;;;;/h5-16H,1-4H3;3*1H;/q+1;;;;+2/p-3. The summed E-state index contributed by atoms with van der Waals surface area (Å²) in [5, 5.41) is 3.09. The summed E-state index contributed by atoms with van der Waals surface area (Å²) >= 11 is -0.896. The van der Waals surface area contributed by atoms with Gasteiger partial charge in [0, 0.05) is 0 Å². The van der Waals surface area contributed by atoms with Crippen LogP contribution in [0.25, 0.3) is 0 Å². The average molecular weight is 621 g/mol. The number of benzene rings is 3. The number of hydrogen-bond donors (Lipinski definition) is 0. The van der Waals surface area contributed by atoms with Crippen molar-refractivity contribution >= 4 is 71.4 Å². The summed E-state index contributed by atoms with van der Waals surface area (Å²) in [6.07, 6.45) is 0. The second kappa shape index (κ2) is 14.0. The van der Waals surface area contributed by atoms with E-state index < -0.39 is 36.3 Å². The fraction of sp³-hybridized carbons (Fsp3) is 0.160. The van der Waals surface area contributed by atoms with Gasteiger partial charge in [0.05, 0.1) is 44.7 Å². The number of esters is 3. The third kappa shape index (κ3) is 7.45. The van der Waals surface area contributed by atoms with Crippen molar-refractivity contribution < 1.29 is 39.8 Å². The summed E-state index contributed by atoms with van der Waals surface area (Å²) < 4.78 is 14.4. The van der Waals surface area contributed by atoms with Crippen molar-refractivity contribution in [3.63, 3.8) is 0 Å². The third-order valence-electron chi connectivity index (χ3n) is 5.41. The predicted octanol–water partition coefficient (Wildman–Crippen LogP) is 5.04. The number of ether oxygens (including phenoxy) is 3. The van der Waals surface area contributed by atoms with Crippen molar-refractivity contribution in [2.24, 2.45) is 0 Å². The van der Waals surface area contributed by atoms with Crippen LogP contribution >= 0.6 is 37.6 Å². The van der Waals surface area contributed by atoms with Gasteiger partial charge in [-0.05, 0) is 72.8 Å². The number of rotatable bonds is 6. The van der Waals surface area contributed by atoms with Gasteiger partial charge in [0.15, 0.2) is 0 Å². The Morgan fingerprint density at radius 3 is 0.917 bits per heavy atom. The molecular weight excluding hydrogens is 597 g/mol. The average Bonchev–Trinajstić information content (AvgIpc) is 2.91. The molecule has 0 saturated heterocycles. The summed E-state index contributed by atoms with van der Waals surface area (Å²) in [6.45, 7) is 2.15. The molecule has 0 bridgehead atoms. The summed E-state index contributed by atoms with van der Waals surface area (Å²) in [5.74, 6) is -1.20. The van der Waals surface area contributed by atoms with Crippen LogP contribution in [0.15, 0.2) is 72.8 Å². The monoisotopic (exact) mass is 619 g/mol. The van der Waals surface area contributed by atoms with Crippen molar-refractivity contribution in [1.29, 1.82) is 0 Å². The third-order valence-corrected chi connectivity index (χ3v) is 9.41. The van der Waals surface area contributed by atoms with Crippen LogP contribution in [0, 0.1) is 0 Å². The van der Waals surface area contributed by atoms with Crippen LogP contribution in [0.1, 0.15) is 31.1 Å². The van der Waals surface area contributed by atoms with Gasteiger partial charge in [-0.2, -0.15) is 0 Å². The molecule has 0 heterocycles. The minimum atomic E-state index is -2.16. The van der Waals surface area contributed by atoms with Gasteiger partial charge >= 0.3 is 59.4 Å². The van der Waals surface area contributed by atoms with Gasteiger partial charge in [-0.1, -0.05) is 0 Å². The van der Waals surface area contributed by atoms with Crippen molar-refractivity contribution in [2.75, 3.05) is 28.0 Å². The molecule has 0 aliphatic carbocycles. The van der Waals surface area contributed by atoms with E-state index in [0.29, 0.717) is 16.7 Å². The van der Waals surface area contributed by atoms with E-state index >= 15 is 0 Å². The zero-order valence-corrected chi connectivity index (χ0v) is 23.9. The molecule has 0 fully saturated rings. The van der Waals surface area contributed by atoms with Crippen LogP contribution in [0.5, 0.6) is 0 Å². The SMILES string of the molecule is COC(=O)c1ccc([P+](C)(c2ccc(C(=O)OC)cc2)c2ccc(C(=O)OC)cc2)cc1.[Cl][Cu-]([Cl])[Cl]. The van der Waals surface area contributed by atoms with E-state index in [9.17, 15) is 14.4 Å². The molecule has 6 nitrogen and oxygen atoms in total. The maximum atomic E-state index is 11.9. The summed E-state index contributed by atoms with van der Waals surface area (Å²) in [7, 11) is 16.4. The summed E-state index contributed by atoms with van der Waals surface area (Å²) in [4.78, 5) is 35.6. The fourth-order valence-electron chi connectivity index (χ4n) is 3.49. The number of carbonyl (C=O) groups excluding carboxylic acids is 3. The molecule has 0 N–H and O–H groups in total. The van der Waals surface area contributed by atoms with E-state index in [1.807, 2.05) is 36.4 Å². The Bertz CT molecular complexity index is 1040.